The number of benzene rings is 1. The quantitative estimate of drug-likeness (QED) is 0.905. The van der Waals surface area contributed by atoms with Crippen LogP contribution in [0, 0.1) is 5.41 Å². The van der Waals surface area contributed by atoms with Crippen LogP contribution in [0.1, 0.15) is 51.9 Å². The molecule has 2 unspecified atom stereocenters. The van der Waals surface area contributed by atoms with Gasteiger partial charge in [0.25, 0.3) is 0 Å². The first kappa shape index (κ1) is 13.6. The number of aromatic nitrogens is 2. The standard InChI is InChI=1S/C17H24N2O/c1-4-16-18-12-7-5-6-8-13(12)19(16)14-11-17(2,3)10-9-15(14)20/h5-8,14-15,20H,4,9-11H2,1-3H3. The van der Waals surface area contributed by atoms with Crippen LogP contribution in [0.25, 0.3) is 11.0 Å². The SMILES string of the molecule is CCc1nc2ccccc2n1C1CC(C)(C)CCC1O. The highest BCUT2D eigenvalue weighted by Crippen LogP contribution is 2.42. The molecule has 2 aromatic rings. The highest BCUT2D eigenvalue weighted by molar-refractivity contribution is 5.76. The molecule has 0 aliphatic heterocycles. The van der Waals surface area contributed by atoms with Crippen molar-refractivity contribution in [1.82, 2.24) is 9.55 Å². The van der Waals surface area contributed by atoms with Crippen LogP contribution in [0.3, 0.4) is 0 Å². The number of hydrogen-bond acceptors (Lipinski definition) is 2. The van der Waals surface area contributed by atoms with Gasteiger partial charge in [-0.1, -0.05) is 32.9 Å². The third-order valence-corrected chi connectivity index (χ3v) is 4.64. The fourth-order valence-corrected chi connectivity index (χ4v) is 3.51. The molecule has 0 radical (unpaired) electrons. The van der Waals surface area contributed by atoms with E-state index in [9.17, 15) is 5.11 Å². The summed E-state index contributed by atoms with van der Waals surface area (Å²) in [4.78, 5) is 4.74. The predicted molar refractivity (Wildman–Crippen MR) is 81.8 cm³/mol. The Morgan fingerprint density at radius 3 is 2.85 bits per heavy atom. The predicted octanol–water partition coefficient (Wildman–Crippen LogP) is 3.71. The van der Waals surface area contributed by atoms with Crippen molar-refractivity contribution in [2.45, 2.75) is 58.6 Å². The van der Waals surface area contributed by atoms with E-state index in [1.807, 2.05) is 6.07 Å². The number of aryl methyl sites for hydroxylation is 1. The molecule has 1 aromatic heterocycles. The van der Waals surface area contributed by atoms with Crippen LogP contribution in [0.5, 0.6) is 0 Å². The molecule has 1 fully saturated rings. The van der Waals surface area contributed by atoms with Crippen molar-refractivity contribution in [3.8, 4) is 0 Å². The van der Waals surface area contributed by atoms with E-state index in [1.165, 1.54) is 0 Å². The maximum absolute atomic E-state index is 10.5. The molecule has 1 saturated carbocycles. The summed E-state index contributed by atoms with van der Waals surface area (Å²) in [5.74, 6) is 1.09. The summed E-state index contributed by atoms with van der Waals surface area (Å²) in [5.41, 5.74) is 2.49. The average Bonchev–Trinajstić information content (AvgIpc) is 2.80. The number of aliphatic hydroxyl groups is 1. The Labute approximate surface area is 120 Å². The van der Waals surface area contributed by atoms with Crippen molar-refractivity contribution >= 4 is 11.0 Å². The molecule has 0 spiro atoms. The van der Waals surface area contributed by atoms with Crippen molar-refractivity contribution in [2.75, 3.05) is 0 Å². The minimum atomic E-state index is -0.258. The van der Waals surface area contributed by atoms with Gasteiger partial charge in [-0.25, -0.2) is 4.98 Å². The molecular weight excluding hydrogens is 248 g/mol. The Morgan fingerprint density at radius 1 is 1.35 bits per heavy atom. The Kier molecular flexibility index (Phi) is 3.33. The van der Waals surface area contributed by atoms with Crippen LogP contribution in [0.15, 0.2) is 24.3 Å². The Morgan fingerprint density at radius 2 is 2.10 bits per heavy atom. The average molecular weight is 272 g/mol. The lowest BCUT2D eigenvalue weighted by Gasteiger charge is -2.40. The first-order chi connectivity index (χ1) is 9.52. The molecule has 1 N–H and O–H groups in total. The van der Waals surface area contributed by atoms with Crippen molar-refractivity contribution in [2.24, 2.45) is 5.41 Å². The van der Waals surface area contributed by atoms with Gasteiger partial charge in [-0.05, 0) is 36.8 Å². The zero-order chi connectivity index (χ0) is 14.3. The monoisotopic (exact) mass is 272 g/mol. The largest absolute Gasteiger partial charge is 0.391 e. The van der Waals surface area contributed by atoms with Gasteiger partial charge in [0, 0.05) is 6.42 Å². The van der Waals surface area contributed by atoms with Crippen LogP contribution in [0.2, 0.25) is 0 Å². The van der Waals surface area contributed by atoms with Gasteiger partial charge in [0.2, 0.25) is 0 Å². The molecule has 0 bridgehead atoms. The smallest absolute Gasteiger partial charge is 0.109 e. The first-order valence-corrected chi connectivity index (χ1v) is 7.66. The molecular formula is C17H24N2O. The van der Waals surface area contributed by atoms with E-state index in [1.54, 1.807) is 0 Å². The molecule has 3 rings (SSSR count). The van der Waals surface area contributed by atoms with Crippen molar-refractivity contribution in [3.05, 3.63) is 30.1 Å². The van der Waals surface area contributed by atoms with Gasteiger partial charge in [-0.3, -0.25) is 0 Å². The highest BCUT2D eigenvalue weighted by Gasteiger charge is 2.36. The zero-order valence-electron chi connectivity index (χ0n) is 12.6. The number of hydrogen-bond donors (Lipinski definition) is 1. The van der Waals surface area contributed by atoms with Gasteiger partial charge in [0.1, 0.15) is 5.82 Å². The second-order valence-corrected chi connectivity index (χ2v) is 6.78. The maximum atomic E-state index is 10.5. The molecule has 1 aliphatic carbocycles. The van der Waals surface area contributed by atoms with Crippen LogP contribution in [-0.2, 0) is 6.42 Å². The molecule has 2 atom stereocenters. The number of nitrogens with zero attached hydrogens (tertiary/aromatic N) is 2. The molecule has 20 heavy (non-hydrogen) atoms. The van der Waals surface area contributed by atoms with Crippen LogP contribution in [-0.4, -0.2) is 20.8 Å². The lowest BCUT2D eigenvalue weighted by atomic mass is 9.73. The zero-order valence-corrected chi connectivity index (χ0v) is 12.6. The fraction of sp³-hybridized carbons (Fsp3) is 0.588. The summed E-state index contributed by atoms with van der Waals surface area (Å²) >= 11 is 0. The minimum Gasteiger partial charge on any atom is -0.391 e. The van der Waals surface area contributed by atoms with Crippen LogP contribution < -0.4 is 0 Å². The molecule has 0 saturated heterocycles. The Hall–Kier alpha value is -1.35. The van der Waals surface area contributed by atoms with Gasteiger partial charge in [-0.2, -0.15) is 0 Å². The number of para-hydroxylation sites is 2. The molecule has 108 valence electrons. The first-order valence-electron chi connectivity index (χ1n) is 7.66. The molecule has 3 nitrogen and oxygen atoms in total. The second-order valence-electron chi connectivity index (χ2n) is 6.78. The molecule has 1 aliphatic rings. The summed E-state index contributed by atoms with van der Waals surface area (Å²) in [7, 11) is 0. The summed E-state index contributed by atoms with van der Waals surface area (Å²) < 4.78 is 2.29. The number of fused-ring (bicyclic) bond motifs is 1. The minimum absolute atomic E-state index is 0.154. The van der Waals surface area contributed by atoms with E-state index < -0.39 is 0 Å². The summed E-state index contributed by atoms with van der Waals surface area (Å²) in [6.45, 7) is 6.74. The fourth-order valence-electron chi connectivity index (χ4n) is 3.51. The summed E-state index contributed by atoms with van der Waals surface area (Å²) in [6.07, 6.45) is 3.64. The normalized spacial score (nSPS) is 26.0. The number of rotatable bonds is 2. The molecule has 0 amide bonds. The van der Waals surface area contributed by atoms with E-state index in [4.69, 9.17) is 4.98 Å². The van der Waals surface area contributed by atoms with E-state index in [-0.39, 0.29) is 12.1 Å². The van der Waals surface area contributed by atoms with Crippen molar-refractivity contribution in [3.63, 3.8) is 0 Å². The van der Waals surface area contributed by atoms with E-state index >= 15 is 0 Å². The van der Waals surface area contributed by atoms with Crippen molar-refractivity contribution in [1.29, 1.82) is 0 Å². The highest BCUT2D eigenvalue weighted by atomic mass is 16.3. The lowest BCUT2D eigenvalue weighted by molar-refractivity contribution is 0.0285. The second kappa shape index (κ2) is 4.88. The maximum Gasteiger partial charge on any atom is 0.109 e. The summed E-state index contributed by atoms with van der Waals surface area (Å²) in [5, 5.41) is 10.5. The number of imidazole rings is 1. The Balaban J connectivity index is 2.12. The van der Waals surface area contributed by atoms with E-state index in [2.05, 4.69) is 43.5 Å². The third-order valence-electron chi connectivity index (χ3n) is 4.64. The van der Waals surface area contributed by atoms with E-state index in [0.717, 1.165) is 42.5 Å². The van der Waals surface area contributed by atoms with Gasteiger partial charge >= 0.3 is 0 Å². The van der Waals surface area contributed by atoms with Crippen molar-refractivity contribution < 1.29 is 5.11 Å². The summed E-state index contributed by atoms with van der Waals surface area (Å²) in [6, 6.07) is 8.42. The molecule has 1 aromatic carbocycles. The number of aliphatic hydroxyl groups excluding tert-OH is 1. The van der Waals surface area contributed by atoms with Crippen LogP contribution in [0.4, 0.5) is 0 Å². The molecule has 3 heteroatoms. The van der Waals surface area contributed by atoms with E-state index in [0.29, 0.717) is 5.41 Å². The topological polar surface area (TPSA) is 38.0 Å². The van der Waals surface area contributed by atoms with Gasteiger partial charge < -0.3 is 9.67 Å². The lowest BCUT2D eigenvalue weighted by Crippen LogP contribution is -2.35. The van der Waals surface area contributed by atoms with Gasteiger partial charge in [0.15, 0.2) is 0 Å². The third kappa shape index (κ3) is 2.24. The molecule has 1 heterocycles. The van der Waals surface area contributed by atoms with Gasteiger partial charge in [0.05, 0.1) is 23.2 Å². The van der Waals surface area contributed by atoms with Gasteiger partial charge in [-0.15, -0.1) is 0 Å². The Bertz CT molecular complexity index is 614. The van der Waals surface area contributed by atoms with Crippen LogP contribution >= 0.6 is 0 Å².